The first kappa shape index (κ1) is 28.6. The molecule has 0 saturated carbocycles. The molecule has 1 heterocycles. The number of carbonyl (C=O) groups excluding carboxylic acids is 1. The van der Waals surface area contributed by atoms with Crippen LogP contribution in [0.3, 0.4) is 0 Å². The first-order chi connectivity index (χ1) is 20.8. The van der Waals surface area contributed by atoms with Gasteiger partial charge in [0.15, 0.2) is 5.60 Å². The summed E-state index contributed by atoms with van der Waals surface area (Å²) in [5, 5.41) is 62.4. The molecule has 4 bridgehead atoms. The number of esters is 1. The highest BCUT2D eigenvalue weighted by Crippen LogP contribution is 2.71. The lowest BCUT2D eigenvalue weighted by Crippen LogP contribution is -2.82. The molecule has 1 aromatic rings. The highest BCUT2D eigenvalue weighted by atomic mass is 16.6. The predicted octanol–water partition coefficient (Wildman–Crippen LogP) is 1.12. The molecule has 226 valence electrons. The van der Waals surface area contributed by atoms with Crippen LogP contribution in [0.2, 0.25) is 0 Å². The Morgan fingerprint density at radius 3 is 1.43 bits per heavy atom. The number of allylic oxidation sites excluding steroid dienone is 4. The van der Waals surface area contributed by atoms with Crippen molar-refractivity contribution in [2.24, 2.45) is 0 Å². The van der Waals surface area contributed by atoms with Crippen molar-refractivity contribution in [3.8, 4) is 0 Å². The number of fused-ring (bicyclic) bond motifs is 5. The monoisotopic (exact) mass is 604 g/mol. The van der Waals surface area contributed by atoms with Crippen LogP contribution in [0.4, 0.5) is 0 Å². The molecule has 44 heavy (non-hydrogen) atoms. The van der Waals surface area contributed by atoms with Gasteiger partial charge in [-0.2, -0.15) is 0 Å². The van der Waals surface area contributed by atoms with Crippen molar-refractivity contribution >= 4 is 29.8 Å². The number of carboxylic acid groups (broad SMARTS) is 4. The van der Waals surface area contributed by atoms with Gasteiger partial charge in [-0.15, -0.1) is 0 Å². The number of nitrogens with zero attached hydrogens (tertiary/aromatic N) is 2. The van der Waals surface area contributed by atoms with Crippen molar-refractivity contribution in [1.82, 2.24) is 9.80 Å². The number of carboxylic acids is 4. The average molecular weight is 605 g/mol. The fourth-order valence-corrected chi connectivity index (χ4v) is 7.45. The van der Waals surface area contributed by atoms with E-state index < -0.39 is 84.2 Å². The summed E-state index contributed by atoms with van der Waals surface area (Å²) in [5.74, 6) is -7.73. The lowest BCUT2D eigenvalue weighted by molar-refractivity contribution is -0.176. The van der Waals surface area contributed by atoms with Gasteiger partial charge in [0.1, 0.15) is 22.6 Å². The van der Waals surface area contributed by atoms with Gasteiger partial charge < -0.3 is 35.4 Å². The van der Waals surface area contributed by atoms with E-state index in [9.17, 15) is 54.6 Å². The molecule has 1 aromatic carbocycles. The number of hydrogen-bond donors (Lipinski definition) is 6. The molecule has 5 aliphatic rings. The van der Waals surface area contributed by atoms with E-state index in [1.54, 1.807) is 0 Å². The van der Waals surface area contributed by atoms with Gasteiger partial charge in [-0.3, -0.25) is 29.0 Å². The number of carbonyl (C=O) groups is 5. The van der Waals surface area contributed by atoms with Crippen LogP contribution in [-0.4, -0.2) is 108 Å². The van der Waals surface area contributed by atoms with Crippen molar-refractivity contribution < 1.29 is 59.3 Å². The number of cyclic esters (lactones) is 1. The van der Waals surface area contributed by atoms with Gasteiger partial charge in [0.05, 0.1) is 31.7 Å². The summed E-state index contributed by atoms with van der Waals surface area (Å²) >= 11 is 0. The molecule has 1 aliphatic heterocycles. The smallest absolute Gasteiger partial charge is 0.339 e. The molecule has 4 aliphatic carbocycles. The summed E-state index contributed by atoms with van der Waals surface area (Å²) in [5.41, 5.74) is -6.46. The third kappa shape index (κ3) is 3.40. The average Bonchev–Trinajstić information content (AvgIpc) is 3.20. The van der Waals surface area contributed by atoms with E-state index in [4.69, 9.17) is 4.74 Å². The molecule has 0 aromatic heterocycles. The van der Waals surface area contributed by atoms with Crippen molar-refractivity contribution in [1.29, 1.82) is 0 Å². The molecule has 2 atom stereocenters. The Morgan fingerprint density at radius 1 is 0.659 bits per heavy atom. The standard InChI is InChI=1S/C30H24N2O12/c33-21-7-5-15-9-19(21)28(15,31(11-23(35)36)12-24(37)38)30(18-4-2-1-3-17(18)27(43)44-30)29(16-6-8-22(34)20(29)10-16)32(13-25(39)40)14-26(41)42/h1-10,33-34H,11-14H2,(H,35,36)(H,37,38)(H,39,40)(H,41,42). The third-order valence-corrected chi connectivity index (χ3v) is 8.65. The number of aliphatic hydroxyl groups excluding tert-OH is 2. The van der Waals surface area contributed by atoms with Crippen molar-refractivity contribution in [2.75, 3.05) is 26.2 Å². The van der Waals surface area contributed by atoms with Crippen LogP contribution >= 0.6 is 0 Å². The fourth-order valence-electron chi connectivity index (χ4n) is 7.45. The number of aliphatic carboxylic acids is 4. The minimum atomic E-state index is -2.40. The van der Waals surface area contributed by atoms with Crippen LogP contribution in [0.5, 0.6) is 0 Å². The van der Waals surface area contributed by atoms with E-state index in [1.807, 2.05) is 0 Å². The van der Waals surface area contributed by atoms with Crippen molar-refractivity contribution in [2.45, 2.75) is 16.7 Å². The first-order valence-electron chi connectivity index (χ1n) is 13.2. The van der Waals surface area contributed by atoms with E-state index in [2.05, 4.69) is 0 Å². The summed E-state index contributed by atoms with van der Waals surface area (Å²) in [7, 11) is 0. The third-order valence-electron chi connectivity index (χ3n) is 8.65. The molecule has 0 amide bonds. The summed E-state index contributed by atoms with van der Waals surface area (Å²) in [6, 6.07) is 5.89. The zero-order valence-corrected chi connectivity index (χ0v) is 22.6. The van der Waals surface area contributed by atoms with Crippen LogP contribution in [0.1, 0.15) is 15.9 Å². The largest absolute Gasteiger partial charge is 0.508 e. The fraction of sp³-hybridized carbons (Fsp3) is 0.233. The van der Waals surface area contributed by atoms with Gasteiger partial charge >= 0.3 is 29.8 Å². The van der Waals surface area contributed by atoms with Gasteiger partial charge in [-0.25, -0.2) is 4.79 Å². The Bertz CT molecular complexity index is 1650. The molecular weight excluding hydrogens is 580 g/mol. The Morgan fingerprint density at radius 2 is 1.07 bits per heavy atom. The minimum Gasteiger partial charge on any atom is -0.508 e. The lowest BCUT2D eigenvalue weighted by atomic mass is 9.45. The van der Waals surface area contributed by atoms with Crippen LogP contribution in [0.15, 0.2) is 94.5 Å². The quantitative estimate of drug-likeness (QED) is 0.184. The Balaban J connectivity index is 1.81. The molecule has 6 N–H and O–H groups in total. The highest BCUT2D eigenvalue weighted by Gasteiger charge is 2.82. The van der Waals surface area contributed by atoms with Crippen LogP contribution in [-0.2, 0) is 29.5 Å². The highest BCUT2D eigenvalue weighted by molar-refractivity contribution is 5.98. The van der Waals surface area contributed by atoms with Crippen LogP contribution in [0, 0.1) is 0 Å². The molecule has 6 rings (SSSR count). The number of hydrogen-bond acceptors (Lipinski definition) is 10. The van der Waals surface area contributed by atoms with Crippen molar-refractivity contribution in [3.63, 3.8) is 0 Å². The Labute approximate surface area is 247 Å². The van der Waals surface area contributed by atoms with Gasteiger partial charge in [-0.1, -0.05) is 30.4 Å². The van der Waals surface area contributed by atoms with E-state index in [1.165, 1.54) is 60.7 Å². The lowest BCUT2D eigenvalue weighted by Gasteiger charge is -2.69. The minimum absolute atomic E-state index is 0.0314. The SMILES string of the molecule is O=C(O)CN(CC(=O)O)C1(C2(C3(N(CC(=O)O)CC(=O)O)c4ccc(O)c3c4)OC(=O)c3ccccc32)c2ccc(O)c1c2. The van der Waals surface area contributed by atoms with E-state index >= 15 is 0 Å². The molecule has 14 heteroatoms. The summed E-state index contributed by atoms with van der Waals surface area (Å²) < 4.78 is 6.36. The molecular formula is C30H24N2O12. The van der Waals surface area contributed by atoms with Crippen LogP contribution in [0.25, 0.3) is 0 Å². The molecule has 0 spiro atoms. The second kappa shape index (κ2) is 9.52. The van der Waals surface area contributed by atoms with Gasteiger partial charge in [0, 0.05) is 16.7 Å². The number of ether oxygens (including phenoxy) is 1. The maximum atomic E-state index is 13.8. The maximum absolute atomic E-state index is 13.8. The summed E-state index contributed by atoms with van der Waals surface area (Å²) in [4.78, 5) is 65.1. The van der Waals surface area contributed by atoms with E-state index in [0.717, 1.165) is 9.80 Å². The number of rotatable bonds is 12. The Kier molecular flexibility index (Phi) is 6.20. The first-order valence-corrected chi connectivity index (χ1v) is 13.2. The normalized spacial score (nSPS) is 27.4. The van der Waals surface area contributed by atoms with E-state index in [-0.39, 0.29) is 33.4 Å². The second-order valence-electron chi connectivity index (χ2n) is 10.8. The van der Waals surface area contributed by atoms with Gasteiger partial charge in [0.25, 0.3) is 0 Å². The molecule has 2 unspecified atom stereocenters. The summed E-state index contributed by atoms with van der Waals surface area (Å²) in [6.45, 7) is -3.87. The zero-order chi connectivity index (χ0) is 31.8. The second-order valence-corrected chi connectivity index (χ2v) is 10.8. The maximum Gasteiger partial charge on any atom is 0.339 e. The van der Waals surface area contributed by atoms with Crippen molar-refractivity contribution in [3.05, 3.63) is 106 Å². The zero-order valence-electron chi connectivity index (χ0n) is 22.6. The van der Waals surface area contributed by atoms with E-state index in [0.29, 0.717) is 0 Å². The van der Waals surface area contributed by atoms with Crippen LogP contribution < -0.4 is 0 Å². The molecule has 14 nitrogen and oxygen atoms in total. The number of aliphatic hydroxyl groups is 2. The van der Waals surface area contributed by atoms with Gasteiger partial charge in [-0.05, 0) is 41.5 Å². The predicted molar refractivity (Wildman–Crippen MR) is 146 cm³/mol. The Hall–Kier alpha value is -5.47. The molecule has 0 fully saturated rings. The summed E-state index contributed by atoms with van der Waals surface area (Å²) in [6.07, 6.45) is 8.23. The topological polar surface area (TPSA) is 222 Å². The molecule has 0 radical (unpaired) electrons. The molecule has 0 saturated heterocycles. The van der Waals surface area contributed by atoms with Gasteiger partial charge in [0.2, 0.25) is 0 Å². The number of benzene rings is 1.